The molecule has 2 aromatic carbocycles. The van der Waals surface area contributed by atoms with Gasteiger partial charge in [-0.15, -0.1) is 0 Å². The van der Waals surface area contributed by atoms with Crippen LogP contribution in [0.25, 0.3) is 6.08 Å². The van der Waals surface area contributed by atoms with E-state index in [1.807, 2.05) is 0 Å². The molecule has 3 rings (SSSR count). The van der Waals surface area contributed by atoms with E-state index in [1.165, 1.54) is 18.2 Å². The molecule has 0 aliphatic heterocycles. The zero-order valence-electron chi connectivity index (χ0n) is 13.3. The Morgan fingerprint density at radius 2 is 1.72 bits per heavy atom. The highest BCUT2D eigenvalue weighted by atomic mass is 32.2. The Bertz CT molecular complexity index is 951. The van der Waals surface area contributed by atoms with Gasteiger partial charge in [0.15, 0.2) is 0 Å². The quantitative estimate of drug-likeness (QED) is 0.468. The van der Waals surface area contributed by atoms with E-state index in [9.17, 15) is 18.5 Å². The maximum atomic E-state index is 12.5. The molecule has 1 saturated carbocycles. The van der Waals surface area contributed by atoms with Crippen molar-refractivity contribution in [3.63, 3.8) is 0 Å². The summed E-state index contributed by atoms with van der Waals surface area (Å²) in [5.41, 5.74) is 0.530. The fourth-order valence-corrected chi connectivity index (χ4v) is 3.38. The molecule has 1 aliphatic rings. The van der Waals surface area contributed by atoms with Gasteiger partial charge in [-0.3, -0.25) is 4.79 Å². The average molecular weight is 353 g/mol. The van der Waals surface area contributed by atoms with Gasteiger partial charge in [-0.1, -0.05) is 30.3 Å². The summed E-state index contributed by atoms with van der Waals surface area (Å²) in [6.07, 6.45) is 3.03. The van der Waals surface area contributed by atoms with E-state index in [4.69, 9.17) is 4.74 Å². The van der Waals surface area contributed by atoms with Crippen molar-refractivity contribution in [1.29, 1.82) is 5.26 Å². The van der Waals surface area contributed by atoms with Crippen LogP contribution in [0, 0.1) is 17.2 Å². The standard InChI is InChI=1S/C19H15NO4S/c20-13-18(25(22,23)17-4-2-1-3-5-17)12-14-6-10-16(11-7-14)24-19(21)15-8-9-15/h1-7,10-12,15H,8-9H2/b18-12-. The third-order valence-corrected chi connectivity index (χ3v) is 5.44. The summed E-state index contributed by atoms with van der Waals surface area (Å²) >= 11 is 0. The van der Waals surface area contributed by atoms with Crippen molar-refractivity contribution in [3.05, 3.63) is 65.1 Å². The zero-order valence-corrected chi connectivity index (χ0v) is 14.1. The number of benzene rings is 2. The van der Waals surface area contributed by atoms with Gasteiger partial charge in [0, 0.05) is 0 Å². The third kappa shape index (κ3) is 3.95. The van der Waals surface area contributed by atoms with Crippen LogP contribution < -0.4 is 4.74 Å². The number of esters is 1. The summed E-state index contributed by atoms with van der Waals surface area (Å²) in [5.74, 6) is 0.159. The summed E-state index contributed by atoms with van der Waals surface area (Å²) in [5, 5.41) is 9.26. The van der Waals surface area contributed by atoms with Crippen molar-refractivity contribution in [2.24, 2.45) is 5.92 Å². The Labute approximate surface area is 146 Å². The average Bonchev–Trinajstić information content (AvgIpc) is 3.47. The molecule has 0 N–H and O–H groups in total. The van der Waals surface area contributed by atoms with E-state index in [2.05, 4.69) is 0 Å². The van der Waals surface area contributed by atoms with Crippen LogP contribution in [0.15, 0.2) is 64.4 Å². The first-order valence-electron chi connectivity index (χ1n) is 7.74. The molecule has 0 unspecified atom stereocenters. The van der Waals surface area contributed by atoms with Gasteiger partial charge in [-0.05, 0) is 48.7 Å². The second kappa shape index (κ2) is 6.91. The zero-order chi connectivity index (χ0) is 17.9. The molecule has 0 heterocycles. The van der Waals surface area contributed by atoms with Gasteiger partial charge in [0.1, 0.15) is 16.7 Å². The predicted octanol–water partition coefficient (Wildman–Crippen LogP) is 3.34. The van der Waals surface area contributed by atoms with Crippen LogP contribution in [0.4, 0.5) is 0 Å². The van der Waals surface area contributed by atoms with Crippen LogP contribution in [0.2, 0.25) is 0 Å². The Balaban J connectivity index is 1.82. The molecule has 5 nitrogen and oxygen atoms in total. The number of hydrogen-bond acceptors (Lipinski definition) is 5. The van der Waals surface area contributed by atoms with Crippen molar-refractivity contribution in [3.8, 4) is 11.8 Å². The van der Waals surface area contributed by atoms with Crippen LogP contribution >= 0.6 is 0 Å². The monoisotopic (exact) mass is 353 g/mol. The minimum absolute atomic E-state index is 0.000722. The molecule has 1 fully saturated rings. The molecule has 0 radical (unpaired) electrons. The van der Waals surface area contributed by atoms with Gasteiger partial charge in [-0.2, -0.15) is 5.26 Å². The molecule has 6 heteroatoms. The lowest BCUT2D eigenvalue weighted by molar-refractivity contribution is -0.135. The lowest BCUT2D eigenvalue weighted by Crippen LogP contribution is -2.09. The number of rotatable bonds is 5. The minimum atomic E-state index is -3.87. The molecule has 0 aromatic heterocycles. The fraction of sp³-hybridized carbons (Fsp3) is 0.158. The first-order chi connectivity index (χ1) is 12.0. The summed E-state index contributed by atoms with van der Waals surface area (Å²) in [7, 11) is -3.87. The number of sulfone groups is 1. The van der Waals surface area contributed by atoms with Crippen LogP contribution in [-0.2, 0) is 14.6 Å². The number of carbonyl (C=O) groups is 1. The van der Waals surface area contributed by atoms with E-state index in [0.29, 0.717) is 11.3 Å². The van der Waals surface area contributed by atoms with Gasteiger partial charge < -0.3 is 4.74 Å². The van der Waals surface area contributed by atoms with Crippen molar-refractivity contribution in [2.45, 2.75) is 17.7 Å². The van der Waals surface area contributed by atoms with E-state index >= 15 is 0 Å². The van der Waals surface area contributed by atoms with Crippen molar-refractivity contribution >= 4 is 21.9 Å². The molecule has 0 atom stereocenters. The highest BCUT2D eigenvalue weighted by Crippen LogP contribution is 2.31. The molecule has 1 aliphatic carbocycles. The Morgan fingerprint density at radius 1 is 1.08 bits per heavy atom. The van der Waals surface area contributed by atoms with Crippen LogP contribution in [0.3, 0.4) is 0 Å². The minimum Gasteiger partial charge on any atom is -0.426 e. The molecule has 126 valence electrons. The van der Waals surface area contributed by atoms with Gasteiger partial charge >= 0.3 is 5.97 Å². The molecule has 0 saturated heterocycles. The van der Waals surface area contributed by atoms with Gasteiger partial charge in [0.2, 0.25) is 9.84 Å². The number of carbonyl (C=O) groups excluding carboxylic acids is 1. The van der Waals surface area contributed by atoms with Crippen molar-refractivity contribution in [2.75, 3.05) is 0 Å². The molecule has 0 amide bonds. The number of ether oxygens (including phenoxy) is 1. The lowest BCUT2D eigenvalue weighted by atomic mass is 10.2. The summed E-state index contributed by atoms with van der Waals surface area (Å²) in [6.45, 7) is 0. The van der Waals surface area contributed by atoms with Crippen LogP contribution in [0.1, 0.15) is 18.4 Å². The molecule has 2 aromatic rings. The highest BCUT2D eigenvalue weighted by molar-refractivity contribution is 7.95. The maximum absolute atomic E-state index is 12.5. The van der Waals surface area contributed by atoms with E-state index < -0.39 is 9.84 Å². The summed E-state index contributed by atoms with van der Waals surface area (Å²) in [6, 6.07) is 15.9. The SMILES string of the molecule is N#C/C(=C/c1ccc(OC(=O)C2CC2)cc1)S(=O)(=O)c1ccccc1. The number of allylic oxidation sites excluding steroid dienone is 1. The largest absolute Gasteiger partial charge is 0.426 e. The normalized spacial score (nSPS) is 14.6. The van der Waals surface area contributed by atoms with Gasteiger partial charge in [-0.25, -0.2) is 8.42 Å². The van der Waals surface area contributed by atoms with Crippen molar-refractivity contribution < 1.29 is 17.9 Å². The second-order valence-corrected chi connectivity index (χ2v) is 7.62. The second-order valence-electron chi connectivity index (χ2n) is 5.70. The molecular weight excluding hydrogens is 338 g/mol. The first kappa shape index (κ1) is 16.9. The number of nitriles is 1. The smallest absolute Gasteiger partial charge is 0.314 e. The molecule has 0 bridgehead atoms. The summed E-state index contributed by atoms with van der Waals surface area (Å²) < 4.78 is 30.2. The van der Waals surface area contributed by atoms with E-state index in [1.54, 1.807) is 48.5 Å². The Morgan fingerprint density at radius 3 is 2.28 bits per heavy atom. The Kier molecular flexibility index (Phi) is 4.68. The third-order valence-electron chi connectivity index (χ3n) is 3.76. The predicted molar refractivity (Wildman–Crippen MR) is 92.0 cm³/mol. The highest BCUT2D eigenvalue weighted by Gasteiger charge is 2.31. The van der Waals surface area contributed by atoms with E-state index in [-0.39, 0.29) is 21.7 Å². The fourth-order valence-electron chi connectivity index (χ4n) is 2.20. The maximum Gasteiger partial charge on any atom is 0.314 e. The first-order valence-corrected chi connectivity index (χ1v) is 9.23. The lowest BCUT2D eigenvalue weighted by Gasteiger charge is -2.05. The van der Waals surface area contributed by atoms with E-state index in [0.717, 1.165) is 12.8 Å². The van der Waals surface area contributed by atoms with Crippen molar-refractivity contribution in [1.82, 2.24) is 0 Å². The summed E-state index contributed by atoms with van der Waals surface area (Å²) in [4.78, 5) is 11.3. The van der Waals surface area contributed by atoms with Gasteiger partial charge in [0.25, 0.3) is 0 Å². The van der Waals surface area contributed by atoms with Crippen LogP contribution in [-0.4, -0.2) is 14.4 Å². The Hall–Kier alpha value is -2.91. The topological polar surface area (TPSA) is 84.2 Å². The van der Waals surface area contributed by atoms with Gasteiger partial charge in [0.05, 0.1) is 10.8 Å². The number of nitrogens with zero attached hydrogens (tertiary/aromatic N) is 1. The molecular formula is C19H15NO4S. The molecule has 25 heavy (non-hydrogen) atoms. The molecule has 0 spiro atoms. The number of hydrogen-bond donors (Lipinski definition) is 0. The van der Waals surface area contributed by atoms with Crippen LogP contribution in [0.5, 0.6) is 5.75 Å².